The molecule has 0 radical (unpaired) electrons. The average molecular weight is 364 g/mol. The molecule has 1 saturated heterocycles. The molecular weight excluding hydrogens is 346 g/mol. The Labute approximate surface area is 138 Å². The van der Waals surface area contributed by atoms with Crippen LogP contribution in [0.25, 0.3) is 0 Å². The number of anilines is 1. The van der Waals surface area contributed by atoms with Gasteiger partial charge in [0.25, 0.3) is 5.76 Å². The fraction of sp³-hybridized carbons (Fsp3) is 0.500. The maximum Gasteiger partial charge on any atom is 0.288 e. The maximum atomic E-state index is 12.2. The van der Waals surface area contributed by atoms with Gasteiger partial charge in [-0.15, -0.1) is 0 Å². The number of carbonyl (C=O) groups is 1. The molecule has 1 aliphatic rings. The van der Waals surface area contributed by atoms with Gasteiger partial charge in [-0.3, -0.25) is 4.79 Å². The molecule has 0 aromatic heterocycles. The molecule has 1 aromatic carbocycles. The Morgan fingerprint density at radius 1 is 1.35 bits per heavy atom. The zero-order valence-corrected chi connectivity index (χ0v) is 14.1. The van der Waals surface area contributed by atoms with Crippen LogP contribution in [-0.4, -0.2) is 43.7 Å². The lowest BCUT2D eigenvalue weighted by Gasteiger charge is -2.24. The summed E-state index contributed by atoms with van der Waals surface area (Å²) < 4.78 is 47.4. The fourth-order valence-corrected chi connectivity index (χ4v) is 5.02. The first-order chi connectivity index (χ1) is 10.7. The van der Waals surface area contributed by atoms with Crippen molar-refractivity contribution in [2.45, 2.75) is 29.5 Å². The van der Waals surface area contributed by atoms with Gasteiger partial charge in [-0.25, -0.2) is 8.42 Å². The first kappa shape index (κ1) is 18.0. The number of alkyl halides is 2. The molecule has 1 aliphatic heterocycles. The van der Waals surface area contributed by atoms with E-state index < -0.39 is 21.1 Å². The molecule has 0 bridgehead atoms. The van der Waals surface area contributed by atoms with Crippen LogP contribution >= 0.6 is 11.8 Å². The highest BCUT2D eigenvalue weighted by atomic mass is 32.2. The van der Waals surface area contributed by atoms with E-state index in [1.165, 1.54) is 0 Å². The molecule has 1 fully saturated rings. The Bertz CT molecular complexity index is 665. The average Bonchev–Trinajstić information content (AvgIpc) is 2.71. The summed E-state index contributed by atoms with van der Waals surface area (Å²) in [6.07, 6.45) is 0.403. The number of carbonyl (C=O) groups excluding carboxylic acids is 1. The molecule has 1 aromatic rings. The number of halogens is 2. The van der Waals surface area contributed by atoms with Gasteiger partial charge in [0.2, 0.25) is 5.91 Å². The van der Waals surface area contributed by atoms with Gasteiger partial charge in [0.1, 0.15) is 0 Å². The van der Waals surface area contributed by atoms with Crippen molar-refractivity contribution in [3.63, 3.8) is 0 Å². The summed E-state index contributed by atoms with van der Waals surface area (Å²) in [5.74, 6) is -2.75. The number of rotatable bonds is 6. The number of hydrogen-bond donors (Lipinski definition) is 2. The second-order valence-corrected chi connectivity index (χ2v) is 8.95. The van der Waals surface area contributed by atoms with Crippen LogP contribution in [0.3, 0.4) is 0 Å². The van der Waals surface area contributed by atoms with Crippen molar-refractivity contribution in [1.29, 1.82) is 0 Å². The zero-order valence-electron chi connectivity index (χ0n) is 12.5. The largest absolute Gasteiger partial charge is 0.376 e. The number of sulfone groups is 1. The van der Waals surface area contributed by atoms with Gasteiger partial charge in [0.05, 0.1) is 23.6 Å². The van der Waals surface area contributed by atoms with E-state index in [0.29, 0.717) is 28.8 Å². The van der Waals surface area contributed by atoms with Gasteiger partial charge in [-0.1, -0.05) is 11.8 Å². The lowest BCUT2D eigenvalue weighted by atomic mass is 10.0. The Balaban J connectivity index is 1.83. The third kappa shape index (κ3) is 5.65. The van der Waals surface area contributed by atoms with E-state index in [-0.39, 0.29) is 24.0 Å². The number of amides is 1. The second kappa shape index (κ2) is 7.04. The Kier molecular flexibility index (Phi) is 5.51. The highest BCUT2D eigenvalue weighted by Gasteiger charge is 2.39. The molecule has 0 saturated carbocycles. The molecule has 5 nitrogen and oxygen atoms in total. The molecule has 1 unspecified atom stereocenters. The number of hydrogen-bond acceptors (Lipinski definition) is 5. The first-order valence-electron chi connectivity index (χ1n) is 6.98. The molecule has 1 heterocycles. The predicted molar refractivity (Wildman–Crippen MR) is 86.6 cm³/mol. The minimum Gasteiger partial charge on any atom is -0.376 e. The summed E-state index contributed by atoms with van der Waals surface area (Å²) in [5, 5.41) is 5.61. The van der Waals surface area contributed by atoms with Crippen molar-refractivity contribution in [2.24, 2.45) is 0 Å². The molecule has 2 rings (SSSR count). The van der Waals surface area contributed by atoms with Crippen LogP contribution < -0.4 is 10.6 Å². The van der Waals surface area contributed by atoms with E-state index in [1.807, 2.05) is 0 Å². The fourth-order valence-electron chi connectivity index (χ4n) is 2.43. The van der Waals surface area contributed by atoms with Crippen molar-refractivity contribution in [3.8, 4) is 0 Å². The van der Waals surface area contributed by atoms with Gasteiger partial charge < -0.3 is 10.6 Å². The lowest BCUT2D eigenvalue weighted by molar-refractivity contribution is -0.120. The van der Waals surface area contributed by atoms with E-state index >= 15 is 0 Å². The third-order valence-corrected chi connectivity index (χ3v) is 6.10. The van der Waals surface area contributed by atoms with E-state index in [4.69, 9.17) is 0 Å². The first-order valence-corrected chi connectivity index (χ1v) is 9.68. The van der Waals surface area contributed by atoms with Gasteiger partial charge in [-0.05, 0) is 37.6 Å². The topological polar surface area (TPSA) is 75.3 Å². The Hall–Kier alpha value is -1.35. The molecule has 128 valence electrons. The van der Waals surface area contributed by atoms with Crippen molar-refractivity contribution in [3.05, 3.63) is 24.3 Å². The van der Waals surface area contributed by atoms with Crippen LogP contribution in [0, 0.1) is 0 Å². The third-order valence-electron chi connectivity index (χ3n) is 3.48. The van der Waals surface area contributed by atoms with Crippen LogP contribution in [0.1, 0.15) is 13.3 Å². The molecule has 2 N–H and O–H groups in total. The lowest BCUT2D eigenvalue weighted by Crippen LogP contribution is -2.48. The second-order valence-electron chi connectivity index (χ2n) is 5.71. The SMILES string of the molecule is CC1(NC(=O)CNc2ccc(SC(F)F)cc2)CCS(=O)(=O)C1. The van der Waals surface area contributed by atoms with E-state index in [0.717, 1.165) is 0 Å². The number of benzene rings is 1. The highest BCUT2D eigenvalue weighted by molar-refractivity contribution is 7.99. The molecular formula is C14H18F2N2O3S2. The standard InChI is InChI=1S/C14H18F2N2O3S2/c1-14(6-7-23(20,21)9-14)18-12(19)8-17-10-2-4-11(5-3-10)22-13(15)16/h2-5,13,17H,6-9H2,1H3,(H,18,19). The molecule has 0 aliphatic carbocycles. The maximum absolute atomic E-state index is 12.2. The quantitative estimate of drug-likeness (QED) is 0.756. The van der Waals surface area contributed by atoms with Gasteiger partial charge in [0, 0.05) is 10.6 Å². The molecule has 23 heavy (non-hydrogen) atoms. The van der Waals surface area contributed by atoms with Crippen LogP contribution in [0.2, 0.25) is 0 Å². The highest BCUT2D eigenvalue weighted by Crippen LogP contribution is 2.26. The molecule has 1 atom stereocenters. The summed E-state index contributed by atoms with van der Waals surface area (Å²) in [7, 11) is -3.08. The minimum absolute atomic E-state index is 0.0169. The summed E-state index contributed by atoms with van der Waals surface area (Å²) in [5.41, 5.74) is -0.0991. The predicted octanol–water partition coefficient (Wildman–Crippen LogP) is 2.11. The van der Waals surface area contributed by atoms with Gasteiger partial charge >= 0.3 is 0 Å². The van der Waals surface area contributed by atoms with Crippen molar-refractivity contribution >= 4 is 33.2 Å². The van der Waals surface area contributed by atoms with Crippen molar-refractivity contribution in [2.75, 3.05) is 23.4 Å². The van der Waals surface area contributed by atoms with Crippen molar-refractivity contribution in [1.82, 2.24) is 5.32 Å². The number of nitrogens with one attached hydrogen (secondary N) is 2. The Morgan fingerprint density at radius 3 is 2.52 bits per heavy atom. The van der Waals surface area contributed by atoms with Gasteiger partial charge in [-0.2, -0.15) is 8.78 Å². The normalized spacial score (nSPS) is 23.0. The number of thioether (sulfide) groups is 1. The van der Waals surface area contributed by atoms with Gasteiger partial charge in [0.15, 0.2) is 9.84 Å². The van der Waals surface area contributed by atoms with Crippen molar-refractivity contribution < 1.29 is 22.0 Å². The molecule has 9 heteroatoms. The monoisotopic (exact) mass is 364 g/mol. The molecule has 1 amide bonds. The summed E-state index contributed by atoms with van der Waals surface area (Å²) in [6.45, 7) is 1.70. The van der Waals surface area contributed by atoms with E-state index in [9.17, 15) is 22.0 Å². The zero-order chi connectivity index (χ0) is 17.1. The minimum atomic E-state index is -3.08. The van der Waals surface area contributed by atoms with E-state index in [2.05, 4.69) is 10.6 Å². The van der Waals surface area contributed by atoms with Crippen LogP contribution in [-0.2, 0) is 14.6 Å². The Morgan fingerprint density at radius 2 is 2.00 bits per heavy atom. The van der Waals surface area contributed by atoms with Crippen LogP contribution in [0.4, 0.5) is 14.5 Å². The van der Waals surface area contributed by atoms with Crippen LogP contribution in [0.5, 0.6) is 0 Å². The molecule has 0 spiro atoms. The smallest absolute Gasteiger partial charge is 0.288 e. The van der Waals surface area contributed by atoms with E-state index in [1.54, 1.807) is 31.2 Å². The summed E-state index contributed by atoms with van der Waals surface area (Å²) in [4.78, 5) is 12.4. The summed E-state index contributed by atoms with van der Waals surface area (Å²) in [6, 6.07) is 6.31. The van der Waals surface area contributed by atoms with Crippen LogP contribution in [0.15, 0.2) is 29.2 Å². The summed E-state index contributed by atoms with van der Waals surface area (Å²) >= 11 is 0.455.